The number of benzene rings is 4. The summed E-state index contributed by atoms with van der Waals surface area (Å²) in [6.45, 7) is -0.129. The van der Waals surface area contributed by atoms with Crippen molar-refractivity contribution in [2.24, 2.45) is 5.92 Å². The van der Waals surface area contributed by atoms with E-state index in [1.165, 1.54) is 7.11 Å². The van der Waals surface area contributed by atoms with Gasteiger partial charge in [0.15, 0.2) is 18.2 Å². The molecule has 0 saturated carbocycles. The number of nitrogens with zero attached hydrogens (tertiary/aromatic N) is 2. The summed E-state index contributed by atoms with van der Waals surface area (Å²) >= 11 is 0. The summed E-state index contributed by atoms with van der Waals surface area (Å²) in [6, 6.07) is 28.8. The average molecular weight is 582 g/mol. The van der Waals surface area contributed by atoms with Crippen LogP contribution in [-0.4, -0.2) is 42.1 Å². The number of anilines is 1. The molecule has 0 aromatic heterocycles. The molecule has 1 N–H and O–H groups in total. The summed E-state index contributed by atoms with van der Waals surface area (Å²) in [4.78, 5) is 46.1. The molecule has 0 unspecified atom stereocenters. The predicted octanol–water partition coefficient (Wildman–Crippen LogP) is 5.58. The Kier molecular flexibility index (Phi) is 6.51. The van der Waals surface area contributed by atoms with E-state index in [0.717, 1.165) is 11.1 Å². The van der Waals surface area contributed by atoms with Crippen molar-refractivity contribution >= 4 is 29.2 Å². The van der Waals surface area contributed by atoms with Crippen LogP contribution in [0.5, 0.6) is 11.5 Å². The largest absolute Gasteiger partial charge is 0.497 e. The number of nitriles is 1. The van der Waals surface area contributed by atoms with Crippen LogP contribution < -0.4 is 14.8 Å². The predicted molar refractivity (Wildman–Crippen MR) is 163 cm³/mol. The fourth-order valence-corrected chi connectivity index (χ4v) is 7.13. The molecule has 7 rings (SSSR count). The van der Waals surface area contributed by atoms with Crippen LogP contribution in [0.2, 0.25) is 0 Å². The van der Waals surface area contributed by atoms with E-state index in [4.69, 9.17) is 14.7 Å². The number of methoxy groups -OCH3 is 1. The first-order chi connectivity index (χ1) is 21.5. The van der Waals surface area contributed by atoms with E-state index in [1.807, 2.05) is 71.8 Å². The van der Waals surface area contributed by atoms with Crippen LogP contribution in [-0.2, 0) is 10.2 Å². The van der Waals surface area contributed by atoms with Gasteiger partial charge in [-0.25, -0.2) is 0 Å². The first kappa shape index (κ1) is 27.2. The summed E-state index contributed by atoms with van der Waals surface area (Å²) in [5, 5.41) is 12.0. The Hall–Kier alpha value is -5.68. The molecule has 1 saturated heterocycles. The number of carbonyl (C=O) groups excluding carboxylic acids is 3. The molecule has 4 aromatic rings. The molecule has 8 nitrogen and oxygen atoms in total. The van der Waals surface area contributed by atoms with Crippen molar-refractivity contribution in [3.8, 4) is 17.6 Å². The van der Waals surface area contributed by atoms with Gasteiger partial charge in [0, 0.05) is 23.0 Å². The highest BCUT2D eigenvalue weighted by Crippen LogP contribution is 2.62. The topological polar surface area (TPSA) is 109 Å². The highest BCUT2D eigenvalue weighted by Gasteiger charge is 2.70. The van der Waals surface area contributed by atoms with Crippen LogP contribution in [0.1, 0.15) is 43.4 Å². The fraction of sp³-hybridized carbons (Fsp3) is 0.167. The Morgan fingerprint density at radius 1 is 0.909 bits per heavy atom. The van der Waals surface area contributed by atoms with Gasteiger partial charge in [-0.2, -0.15) is 5.26 Å². The molecule has 3 aliphatic rings. The Labute approximate surface area is 254 Å². The van der Waals surface area contributed by atoms with Gasteiger partial charge in [-0.1, -0.05) is 54.6 Å². The van der Waals surface area contributed by atoms with Gasteiger partial charge in [-0.15, -0.1) is 0 Å². The zero-order valence-corrected chi connectivity index (χ0v) is 23.8. The smallest absolute Gasteiger partial charge is 0.238 e. The van der Waals surface area contributed by atoms with E-state index in [1.54, 1.807) is 48.5 Å². The highest BCUT2D eigenvalue weighted by atomic mass is 16.5. The zero-order valence-electron chi connectivity index (χ0n) is 23.8. The Morgan fingerprint density at radius 2 is 1.68 bits per heavy atom. The fourth-order valence-electron chi connectivity index (χ4n) is 7.13. The van der Waals surface area contributed by atoms with Crippen LogP contribution in [0.25, 0.3) is 6.08 Å². The second-order valence-electron chi connectivity index (χ2n) is 11.0. The monoisotopic (exact) mass is 581 g/mol. The van der Waals surface area contributed by atoms with Gasteiger partial charge in [0.05, 0.1) is 19.1 Å². The molecule has 8 heteroatoms. The number of ketones is 2. The van der Waals surface area contributed by atoms with E-state index in [-0.39, 0.29) is 24.1 Å². The second-order valence-corrected chi connectivity index (χ2v) is 11.0. The van der Waals surface area contributed by atoms with Gasteiger partial charge < -0.3 is 19.7 Å². The third-order valence-electron chi connectivity index (χ3n) is 8.92. The summed E-state index contributed by atoms with van der Waals surface area (Å²) in [7, 11) is 1.53. The van der Waals surface area contributed by atoms with Crippen LogP contribution in [0, 0.1) is 17.2 Å². The molecule has 44 heavy (non-hydrogen) atoms. The van der Waals surface area contributed by atoms with Crippen LogP contribution in [0.3, 0.4) is 0 Å². The SMILES string of the molecule is COc1cccc(C(=O)[C@@H]2[C@@H](C(=O)c3ccc(OCC#N)cc3)[C@@]3(C(=O)Nc4ccccc43)[C@H]3c4ccccc4C=CN23)c1. The minimum atomic E-state index is -1.43. The van der Waals surface area contributed by atoms with E-state index in [9.17, 15) is 14.4 Å². The average Bonchev–Trinajstić information content (AvgIpc) is 3.55. The van der Waals surface area contributed by atoms with E-state index < -0.39 is 23.4 Å². The number of carbonyl (C=O) groups is 3. The standard InChI is InChI=1S/C36H27N3O5/c1-43-26-9-6-8-24(21-26)33(41)31-30(32(40)23-13-15-25(16-14-23)44-20-18-37)36(28-11-4-5-12-29(28)38-35(36)42)34-27-10-3-2-7-22(27)17-19-39(31)34/h2-17,19,21,30-31,34H,20H2,1H3,(H,38,42)/t30-,31-,34+,36+/m0/s1. The minimum absolute atomic E-state index is 0.129. The third-order valence-corrected chi connectivity index (χ3v) is 8.92. The van der Waals surface area contributed by atoms with Crippen LogP contribution in [0.15, 0.2) is 103 Å². The highest BCUT2D eigenvalue weighted by molar-refractivity contribution is 6.16. The molecule has 1 amide bonds. The molecule has 1 spiro atoms. The number of rotatable bonds is 7. The number of hydrogen-bond acceptors (Lipinski definition) is 7. The maximum atomic E-state index is 14.9. The van der Waals surface area contributed by atoms with Crippen molar-refractivity contribution < 1.29 is 23.9 Å². The van der Waals surface area contributed by atoms with Crippen LogP contribution >= 0.6 is 0 Å². The number of amides is 1. The molecule has 3 aliphatic heterocycles. The molecular weight excluding hydrogens is 554 g/mol. The Balaban J connectivity index is 1.48. The zero-order chi connectivity index (χ0) is 30.4. The van der Waals surface area contributed by atoms with Gasteiger partial charge in [-0.05, 0) is 65.2 Å². The lowest BCUT2D eigenvalue weighted by atomic mass is 9.62. The van der Waals surface area contributed by atoms with Crippen molar-refractivity contribution in [2.75, 3.05) is 19.0 Å². The van der Waals surface area contributed by atoms with Crippen LogP contribution in [0.4, 0.5) is 5.69 Å². The van der Waals surface area contributed by atoms with Crippen molar-refractivity contribution in [1.29, 1.82) is 5.26 Å². The van der Waals surface area contributed by atoms with Gasteiger partial charge in [-0.3, -0.25) is 14.4 Å². The van der Waals surface area contributed by atoms with E-state index in [0.29, 0.717) is 33.9 Å². The normalized spacial score (nSPS) is 22.4. The maximum Gasteiger partial charge on any atom is 0.238 e. The van der Waals surface area contributed by atoms with E-state index >= 15 is 0 Å². The maximum absolute atomic E-state index is 14.9. The van der Waals surface area contributed by atoms with Crippen molar-refractivity contribution in [2.45, 2.75) is 17.5 Å². The molecule has 216 valence electrons. The first-order valence-electron chi connectivity index (χ1n) is 14.3. The van der Waals surface area contributed by atoms with Crippen molar-refractivity contribution in [1.82, 2.24) is 4.90 Å². The summed E-state index contributed by atoms with van der Waals surface area (Å²) in [6.07, 6.45) is 3.77. The molecule has 0 aliphatic carbocycles. The molecular formula is C36H27N3O5. The first-order valence-corrected chi connectivity index (χ1v) is 14.3. The number of Topliss-reactive ketones (excluding diaryl/α,β-unsaturated/α-hetero) is 2. The number of nitrogens with one attached hydrogen (secondary N) is 1. The van der Waals surface area contributed by atoms with Crippen molar-refractivity contribution in [3.63, 3.8) is 0 Å². The lowest BCUT2D eigenvalue weighted by molar-refractivity contribution is -0.122. The van der Waals surface area contributed by atoms with Gasteiger partial charge in [0.1, 0.15) is 29.0 Å². The number of ether oxygens (including phenoxy) is 2. The summed E-state index contributed by atoms with van der Waals surface area (Å²) in [5.74, 6) is -1.11. The van der Waals surface area contributed by atoms with Crippen molar-refractivity contribution in [3.05, 3.63) is 131 Å². The molecule has 4 atom stereocenters. The molecule has 0 radical (unpaired) electrons. The Bertz CT molecular complexity index is 1890. The summed E-state index contributed by atoms with van der Waals surface area (Å²) < 4.78 is 10.8. The molecule has 4 aromatic carbocycles. The van der Waals surface area contributed by atoms with Gasteiger partial charge in [0.25, 0.3) is 0 Å². The lowest BCUT2D eigenvalue weighted by Crippen LogP contribution is -2.49. The van der Waals surface area contributed by atoms with Gasteiger partial charge >= 0.3 is 0 Å². The third kappa shape index (κ3) is 3.93. The lowest BCUT2D eigenvalue weighted by Gasteiger charge is -2.38. The minimum Gasteiger partial charge on any atom is -0.497 e. The molecule has 1 fully saturated rings. The molecule has 3 heterocycles. The molecule has 0 bridgehead atoms. The summed E-state index contributed by atoms with van der Waals surface area (Å²) in [5.41, 5.74) is 2.36. The number of para-hydroxylation sites is 1. The van der Waals surface area contributed by atoms with E-state index in [2.05, 4.69) is 5.32 Å². The number of hydrogen-bond donors (Lipinski definition) is 1. The quantitative estimate of drug-likeness (QED) is 0.284. The van der Waals surface area contributed by atoms with Gasteiger partial charge in [0.2, 0.25) is 5.91 Å². The Morgan fingerprint density at radius 3 is 2.48 bits per heavy atom. The second kappa shape index (κ2) is 10.5. The number of fused-ring (bicyclic) bond motifs is 6.